The molecule has 1 aromatic carbocycles. The molecule has 0 aliphatic heterocycles. The molecule has 0 heterocycles. The number of benzene rings is 1. The second kappa shape index (κ2) is 9.53. The molecule has 0 spiro atoms. The van der Waals surface area contributed by atoms with E-state index in [1.807, 2.05) is 26.0 Å². The maximum atomic E-state index is 12.3. The number of carboxylic acids is 1. The summed E-state index contributed by atoms with van der Waals surface area (Å²) in [6.45, 7) is 4.19. The highest BCUT2D eigenvalue weighted by atomic mass is 16.4. The number of hydrogen-bond acceptors (Lipinski definition) is 3. The van der Waals surface area contributed by atoms with E-state index in [1.165, 1.54) is 0 Å². The van der Waals surface area contributed by atoms with Gasteiger partial charge in [0.1, 0.15) is 0 Å². The van der Waals surface area contributed by atoms with Crippen molar-refractivity contribution in [3.63, 3.8) is 0 Å². The van der Waals surface area contributed by atoms with Crippen molar-refractivity contribution >= 4 is 17.8 Å². The third-order valence-corrected chi connectivity index (χ3v) is 5.80. The van der Waals surface area contributed by atoms with Crippen molar-refractivity contribution in [3.8, 4) is 0 Å². The van der Waals surface area contributed by atoms with E-state index in [1.54, 1.807) is 12.1 Å². The number of carboxylic acid groups (broad SMARTS) is 1. The van der Waals surface area contributed by atoms with Gasteiger partial charge in [-0.3, -0.25) is 14.4 Å². The fourth-order valence-electron chi connectivity index (χ4n) is 3.53. The first-order valence-corrected chi connectivity index (χ1v) is 9.80. The first-order chi connectivity index (χ1) is 12.9. The van der Waals surface area contributed by atoms with Crippen molar-refractivity contribution in [3.05, 3.63) is 35.4 Å². The minimum atomic E-state index is -0.930. The summed E-state index contributed by atoms with van der Waals surface area (Å²) in [6, 6.07) is 7.03. The zero-order valence-electron chi connectivity index (χ0n) is 16.2. The largest absolute Gasteiger partial charge is 0.481 e. The van der Waals surface area contributed by atoms with Crippen LogP contribution in [0.15, 0.2) is 24.3 Å². The summed E-state index contributed by atoms with van der Waals surface area (Å²) in [4.78, 5) is 35.9. The van der Waals surface area contributed by atoms with Gasteiger partial charge in [-0.2, -0.15) is 0 Å². The highest BCUT2D eigenvalue weighted by Gasteiger charge is 2.35. The molecule has 1 fully saturated rings. The molecule has 0 radical (unpaired) electrons. The topological polar surface area (TPSA) is 95.5 Å². The van der Waals surface area contributed by atoms with E-state index in [4.69, 9.17) is 0 Å². The van der Waals surface area contributed by atoms with Crippen molar-refractivity contribution < 1.29 is 19.5 Å². The van der Waals surface area contributed by atoms with Crippen LogP contribution in [0.1, 0.15) is 68.3 Å². The van der Waals surface area contributed by atoms with Crippen molar-refractivity contribution in [1.29, 1.82) is 0 Å². The molecule has 0 bridgehead atoms. The van der Waals surface area contributed by atoms with E-state index in [0.717, 1.165) is 31.2 Å². The van der Waals surface area contributed by atoms with Gasteiger partial charge in [0.25, 0.3) is 5.91 Å². The molecular formula is C21H30N2O4. The lowest BCUT2D eigenvalue weighted by Crippen LogP contribution is -2.42. The quantitative estimate of drug-likeness (QED) is 0.619. The van der Waals surface area contributed by atoms with Crippen LogP contribution in [0.3, 0.4) is 0 Å². The highest BCUT2D eigenvalue weighted by molar-refractivity contribution is 5.94. The van der Waals surface area contributed by atoms with Crippen LogP contribution >= 0.6 is 0 Å². The van der Waals surface area contributed by atoms with E-state index in [-0.39, 0.29) is 24.3 Å². The second-order valence-corrected chi connectivity index (χ2v) is 7.37. The number of hydrogen-bond donors (Lipinski definition) is 3. The fourth-order valence-corrected chi connectivity index (χ4v) is 3.53. The summed E-state index contributed by atoms with van der Waals surface area (Å²) in [7, 11) is 0. The molecule has 0 saturated heterocycles. The van der Waals surface area contributed by atoms with Crippen molar-refractivity contribution in [2.45, 2.75) is 58.9 Å². The van der Waals surface area contributed by atoms with E-state index < -0.39 is 11.4 Å². The molecule has 1 aliphatic rings. The minimum absolute atomic E-state index is 0.105. The third kappa shape index (κ3) is 5.31. The van der Waals surface area contributed by atoms with Gasteiger partial charge >= 0.3 is 5.97 Å². The van der Waals surface area contributed by atoms with E-state index >= 15 is 0 Å². The number of amides is 2. The molecule has 1 saturated carbocycles. The Labute approximate surface area is 160 Å². The third-order valence-electron chi connectivity index (χ3n) is 5.80. The molecule has 2 rings (SSSR count). The molecule has 2 amide bonds. The van der Waals surface area contributed by atoms with E-state index in [9.17, 15) is 19.5 Å². The number of carbonyl (C=O) groups excluding carboxylic acids is 2. The van der Waals surface area contributed by atoms with Gasteiger partial charge in [-0.15, -0.1) is 0 Å². The monoisotopic (exact) mass is 374 g/mol. The van der Waals surface area contributed by atoms with Gasteiger partial charge in [0.05, 0.1) is 5.41 Å². The number of nitrogens with one attached hydrogen (secondary N) is 2. The molecule has 148 valence electrons. The SMILES string of the molecule is CCC(CC)(CNC(=O)c1ccc(CNC(=O)C2CCCC2)cc1)C(=O)O. The average molecular weight is 374 g/mol. The standard InChI is InChI=1S/C21H30N2O4/c1-3-21(4-2,20(26)27)14-23-19(25)17-11-9-15(10-12-17)13-22-18(24)16-7-5-6-8-16/h9-12,16H,3-8,13-14H2,1-2H3,(H,22,24)(H,23,25)(H,26,27). The number of carbonyl (C=O) groups is 3. The molecule has 6 nitrogen and oxygen atoms in total. The predicted octanol–water partition coefficient (Wildman–Crippen LogP) is 3.11. The Morgan fingerprint density at radius 3 is 2.15 bits per heavy atom. The molecule has 1 aromatic rings. The lowest BCUT2D eigenvalue weighted by atomic mass is 9.82. The highest BCUT2D eigenvalue weighted by Crippen LogP contribution is 2.26. The van der Waals surface area contributed by atoms with Gasteiger partial charge < -0.3 is 15.7 Å². The predicted molar refractivity (Wildman–Crippen MR) is 103 cm³/mol. The minimum Gasteiger partial charge on any atom is -0.481 e. The van der Waals surface area contributed by atoms with Crippen LogP contribution in [-0.2, 0) is 16.1 Å². The van der Waals surface area contributed by atoms with Crippen LogP contribution in [0.25, 0.3) is 0 Å². The molecule has 0 aromatic heterocycles. The van der Waals surface area contributed by atoms with Crippen LogP contribution in [0.2, 0.25) is 0 Å². The first kappa shape index (κ1) is 20.9. The Balaban J connectivity index is 1.87. The van der Waals surface area contributed by atoms with Crippen LogP contribution in [0.5, 0.6) is 0 Å². The molecule has 0 atom stereocenters. The Hall–Kier alpha value is -2.37. The molecule has 3 N–H and O–H groups in total. The Morgan fingerprint density at radius 1 is 1.04 bits per heavy atom. The zero-order chi connectivity index (χ0) is 19.9. The Kier molecular flexibility index (Phi) is 7.39. The lowest BCUT2D eigenvalue weighted by Gasteiger charge is -2.26. The van der Waals surface area contributed by atoms with Gasteiger partial charge in [-0.05, 0) is 43.4 Å². The maximum absolute atomic E-state index is 12.3. The van der Waals surface area contributed by atoms with Crippen molar-refractivity contribution in [1.82, 2.24) is 10.6 Å². The number of aliphatic carboxylic acids is 1. The maximum Gasteiger partial charge on any atom is 0.311 e. The summed E-state index contributed by atoms with van der Waals surface area (Å²) >= 11 is 0. The second-order valence-electron chi connectivity index (χ2n) is 7.37. The van der Waals surface area contributed by atoms with Gasteiger partial charge in [0.2, 0.25) is 5.91 Å². The molecule has 6 heteroatoms. The summed E-state index contributed by atoms with van der Waals surface area (Å²) in [6.07, 6.45) is 5.11. The average Bonchev–Trinajstić information content (AvgIpc) is 3.22. The van der Waals surface area contributed by atoms with Gasteiger partial charge in [-0.1, -0.05) is 38.8 Å². The Bertz CT molecular complexity index is 659. The number of rotatable bonds is 9. The van der Waals surface area contributed by atoms with E-state index in [2.05, 4.69) is 10.6 Å². The van der Waals surface area contributed by atoms with Crippen LogP contribution in [0.4, 0.5) is 0 Å². The van der Waals surface area contributed by atoms with Crippen LogP contribution in [-0.4, -0.2) is 29.4 Å². The first-order valence-electron chi connectivity index (χ1n) is 9.80. The Morgan fingerprint density at radius 2 is 1.63 bits per heavy atom. The van der Waals surface area contributed by atoms with Crippen molar-refractivity contribution in [2.24, 2.45) is 11.3 Å². The van der Waals surface area contributed by atoms with Crippen molar-refractivity contribution in [2.75, 3.05) is 6.54 Å². The smallest absolute Gasteiger partial charge is 0.311 e. The zero-order valence-corrected chi connectivity index (χ0v) is 16.2. The summed E-state index contributed by atoms with van der Waals surface area (Å²) in [5.74, 6) is -0.926. The molecular weight excluding hydrogens is 344 g/mol. The molecule has 1 aliphatic carbocycles. The fraction of sp³-hybridized carbons (Fsp3) is 0.571. The normalized spacial score (nSPS) is 14.7. The van der Waals surface area contributed by atoms with Crippen LogP contribution < -0.4 is 10.6 Å². The van der Waals surface area contributed by atoms with Gasteiger partial charge in [0.15, 0.2) is 0 Å². The lowest BCUT2D eigenvalue weighted by molar-refractivity contribution is -0.149. The van der Waals surface area contributed by atoms with E-state index in [0.29, 0.717) is 24.9 Å². The van der Waals surface area contributed by atoms with Gasteiger partial charge in [-0.25, -0.2) is 0 Å². The molecule has 27 heavy (non-hydrogen) atoms. The van der Waals surface area contributed by atoms with Gasteiger partial charge in [0, 0.05) is 24.6 Å². The summed E-state index contributed by atoms with van der Waals surface area (Å²) in [5, 5.41) is 15.1. The van der Waals surface area contributed by atoms with Crippen LogP contribution in [0, 0.1) is 11.3 Å². The summed E-state index contributed by atoms with van der Waals surface area (Å²) in [5.41, 5.74) is 0.479. The summed E-state index contributed by atoms with van der Waals surface area (Å²) < 4.78 is 0. The molecule has 0 unspecified atom stereocenters.